The Morgan fingerprint density at radius 3 is 2.48 bits per heavy atom. The van der Waals surface area contributed by atoms with Gasteiger partial charge in [0.25, 0.3) is 0 Å². The quantitative estimate of drug-likeness (QED) is 0.690. The molecule has 1 aliphatic heterocycles. The minimum absolute atomic E-state index is 0.328. The molecule has 2 rings (SSSR count). The van der Waals surface area contributed by atoms with Crippen LogP contribution in [0.3, 0.4) is 0 Å². The van der Waals surface area contributed by atoms with Crippen molar-refractivity contribution in [2.75, 3.05) is 18.0 Å². The highest BCUT2D eigenvalue weighted by molar-refractivity contribution is 5.86. The average molecular weight is 376 g/mol. The summed E-state index contributed by atoms with van der Waals surface area (Å²) >= 11 is 0. The maximum atomic E-state index is 12.7. The molecule has 5 nitrogen and oxygen atoms in total. The number of aromatic nitrogens is 1. The third-order valence-corrected chi connectivity index (χ3v) is 4.80. The molecule has 0 saturated carbocycles. The minimum Gasteiger partial charge on any atom is -0.443 e. The molecule has 1 fully saturated rings. The summed E-state index contributed by atoms with van der Waals surface area (Å²) in [5.41, 5.74) is 0.715. The monoisotopic (exact) mass is 375 g/mol. The number of ether oxygens (including phenoxy) is 1. The van der Waals surface area contributed by atoms with E-state index in [0.717, 1.165) is 6.54 Å². The van der Waals surface area contributed by atoms with Gasteiger partial charge in [-0.3, -0.25) is 9.80 Å². The van der Waals surface area contributed by atoms with E-state index in [1.807, 2.05) is 33.0 Å². The predicted octanol–water partition coefficient (Wildman–Crippen LogP) is 5.41. The maximum absolute atomic E-state index is 12.7. The summed E-state index contributed by atoms with van der Waals surface area (Å²) in [6, 6.07) is 5.04. The molecular formula is C22H37N3O2. The summed E-state index contributed by atoms with van der Waals surface area (Å²) in [7, 11) is 0. The van der Waals surface area contributed by atoms with Gasteiger partial charge in [-0.25, -0.2) is 9.78 Å². The lowest BCUT2D eigenvalue weighted by Crippen LogP contribution is -2.40. The molecule has 152 valence electrons. The van der Waals surface area contributed by atoms with Crippen LogP contribution in [0.5, 0.6) is 0 Å². The number of anilines is 1. The van der Waals surface area contributed by atoms with Crippen molar-refractivity contribution in [1.29, 1.82) is 0 Å². The Morgan fingerprint density at radius 2 is 1.96 bits per heavy atom. The fourth-order valence-corrected chi connectivity index (χ4v) is 3.63. The van der Waals surface area contributed by atoms with E-state index in [9.17, 15) is 4.79 Å². The van der Waals surface area contributed by atoms with E-state index in [-0.39, 0.29) is 6.09 Å². The van der Waals surface area contributed by atoms with E-state index in [1.54, 1.807) is 4.90 Å². The molecule has 1 atom stereocenters. The van der Waals surface area contributed by atoms with Crippen LogP contribution in [0, 0.1) is 5.92 Å². The first-order valence-corrected chi connectivity index (χ1v) is 10.3. The average Bonchev–Trinajstić information content (AvgIpc) is 2.58. The number of piperidine rings is 1. The fourth-order valence-electron chi connectivity index (χ4n) is 3.63. The van der Waals surface area contributed by atoms with Gasteiger partial charge in [-0.2, -0.15) is 0 Å². The predicted molar refractivity (Wildman–Crippen MR) is 111 cm³/mol. The van der Waals surface area contributed by atoms with Crippen LogP contribution in [0.2, 0.25) is 0 Å². The molecule has 0 unspecified atom stereocenters. The first-order chi connectivity index (χ1) is 12.6. The van der Waals surface area contributed by atoms with Crippen molar-refractivity contribution in [3.63, 3.8) is 0 Å². The summed E-state index contributed by atoms with van der Waals surface area (Å²) < 4.78 is 5.59. The number of rotatable bonds is 5. The maximum Gasteiger partial charge on any atom is 0.416 e. The number of amides is 1. The normalized spacial score (nSPS) is 18.8. The van der Waals surface area contributed by atoms with E-state index in [4.69, 9.17) is 4.74 Å². The number of carbonyl (C=O) groups is 1. The zero-order valence-corrected chi connectivity index (χ0v) is 18.2. The van der Waals surface area contributed by atoms with Crippen LogP contribution in [0.4, 0.5) is 10.6 Å². The SMILES string of the molecule is CC(C)CN(C(=O)OC(C)(C)C)c1ccc([C@@H]2CCCCN2C(C)C)cn1. The van der Waals surface area contributed by atoms with Crippen molar-refractivity contribution in [1.82, 2.24) is 9.88 Å². The Labute approximate surface area is 165 Å². The van der Waals surface area contributed by atoms with E-state index in [2.05, 4.69) is 43.6 Å². The van der Waals surface area contributed by atoms with Gasteiger partial charge in [0.2, 0.25) is 0 Å². The summed E-state index contributed by atoms with van der Waals surface area (Å²) in [6.45, 7) is 16.1. The molecule has 1 amide bonds. The summed E-state index contributed by atoms with van der Waals surface area (Å²) in [5.74, 6) is 0.988. The van der Waals surface area contributed by atoms with Gasteiger partial charge < -0.3 is 4.74 Å². The molecule has 0 aliphatic carbocycles. The lowest BCUT2D eigenvalue weighted by molar-refractivity contribution is 0.0575. The Morgan fingerprint density at radius 1 is 1.26 bits per heavy atom. The van der Waals surface area contributed by atoms with Gasteiger partial charge in [0.05, 0.1) is 0 Å². The minimum atomic E-state index is -0.522. The Kier molecular flexibility index (Phi) is 7.26. The van der Waals surface area contributed by atoms with E-state index in [1.165, 1.54) is 24.8 Å². The third kappa shape index (κ3) is 6.20. The second-order valence-electron chi connectivity index (χ2n) is 9.28. The third-order valence-electron chi connectivity index (χ3n) is 4.80. The lowest BCUT2D eigenvalue weighted by Gasteiger charge is -2.39. The van der Waals surface area contributed by atoms with Gasteiger partial charge in [-0.15, -0.1) is 0 Å². The molecule has 0 N–H and O–H groups in total. The highest BCUT2D eigenvalue weighted by Gasteiger charge is 2.28. The Bertz CT molecular complexity index is 605. The van der Waals surface area contributed by atoms with Crippen LogP contribution in [-0.2, 0) is 4.74 Å². The molecule has 27 heavy (non-hydrogen) atoms. The highest BCUT2D eigenvalue weighted by atomic mass is 16.6. The second-order valence-corrected chi connectivity index (χ2v) is 9.28. The van der Waals surface area contributed by atoms with Gasteiger partial charge >= 0.3 is 6.09 Å². The Balaban J connectivity index is 2.22. The summed E-state index contributed by atoms with van der Waals surface area (Å²) in [6.07, 6.45) is 5.30. The molecule has 0 aromatic carbocycles. The molecule has 0 bridgehead atoms. The van der Waals surface area contributed by atoms with E-state index < -0.39 is 5.60 Å². The molecule has 1 aromatic heterocycles. The molecule has 0 radical (unpaired) electrons. The second kappa shape index (κ2) is 9.05. The van der Waals surface area contributed by atoms with Crippen LogP contribution in [-0.4, -0.2) is 40.7 Å². The van der Waals surface area contributed by atoms with Gasteiger partial charge in [0, 0.05) is 24.8 Å². The van der Waals surface area contributed by atoms with E-state index >= 15 is 0 Å². The summed E-state index contributed by atoms with van der Waals surface area (Å²) in [4.78, 5) is 21.5. The number of pyridine rings is 1. The number of hydrogen-bond donors (Lipinski definition) is 0. The van der Waals surface area contributed by atoms with Gasteiger partial charge in [0.15, 0.2) is 0 Å². The van der Waals surface area contributed by atoms with Crippen LogP contribution in [0.15, 0.2) is 18.3 Å². The zero-order chi connectivity index (χ0) is 20.2. The van der Waals surface area contributed by atoms with Crippen LogP contribution < -0.4 is 4.90 Å². The van der Waals surface area contributed by atoms with Crippen molar-refractivity contribution >= 4 is 11.9 Å². The molecule has 2 heterocycles. The molecule has 5 heteroatoms. The molecular weight excluding hydrogens is 338 g/mol. The van der Waals surface area contributed by atoms with Crippen molar-refractivity contribution in [3.05, 3.63) is 23.9 Å². The van der Waals surface area contributed by atoms with Crippen LogP contribution in [0.1, 0.15) is 79.3 Å². The lowest BCUT2D eigenvalue weighted by atomic mass is 9.95. The topological polar surface area (TPSA) is 45.7 Å². The number of nitrogens with zero attached hydrogens (tertiary/aromatic N) is 3. The smallest absolute Gasteiger partial charge is 0.416 e. The first kappa shape index (κ1) is 21.7. The first-order valence-electron chi connectivity index (χ1n) is 10.3. The van der Waals surface area contributed by atoms with Gasteiger partial charge in [-0.05, 0) is 71.6 Å². The highest BCUT2D eigenvalue weighted by Crippen LogP contribution is 2.32. The van der Waals surface area contributed by atoms with Crippen molar-refractivity contribution in [3.8, 4) is 0 Å². The molecule has 1 saturated heterocycles. The van der Waals surface area contributed by atoms with Crippen LogP contribution in [0.25, 0.3) is 0 Å². The Hall–Kier alpha value is -1.62. The van der Waals surface area contributed by atoms with Crippen LogP contribution >= 0.6 is 0 Å². The van der Waals surface area contributed by atoms with Crippen molar-refractivity contribution in [2.24, 2.45) is 5.92 Å². The standard InChI is InChI=1S/C22H37N3O2/c1-16(2)15-25(21(26)27-22(5,6)7)20-12-11-18(14-23-20)19-10-8-9-13-24(19)17(3)4/h11-12,14,16-17,19H,8-10,13,15H2,1-7H3/t19-/m0/s1. The van der Waals surface area contributed by atoms with Crippen molar-refractivity contribution < 1.29 is 9.53 Å². The summed E-state index contributed by atoms with van der Waals surface area (Å²) in [5, 5.41) is 0. The number of hydrogen-bond acceptors (Lipinski definition) is 4. The van der Waals surface area contributed by atoms with E-state index in [0.29, 0.717) is 30.4 Å². The fraction of sp³-hybridized carbons (Fsp3) is 0.727. The zero-order valence-electron chi connectivity index (χ0n) is 18.2. The molecule has 1 aromatic rings. The van der Waals surface area contributed by atoms with Crippen molar-refractivity contribution in [2.45, 2.75) is 85.4 Å². The van der Waals surface area contributed by atoms with Gasteiger partial charge in [-0.1, -0.05) is 26.3 Å². The number of carbonyl (C=O) groups excluding carboxylic acids is 1. The van der Waals surface area contributed by atoms with Gasteiger partial charge in [0.1, 0.15) is 11.4 Å². The largest absolute Gasteiger partial charge is 0.443 e. The molecule has 0 spiro atoms. The molecule has 1 aliphatic rings. The number of likely N-dealkylation sites (tertiary alicyclic amines) is 1.